The molecule has 1 N–H and O–H groups in total. The van der Waals surface area contributed by atoms with Gasteiger partial charge in [-0.2, -0.15) is 5.10 Å². The minimum atomic E-state index is -0.322. The van der Waals surface area contributed by atoms with Crippen molar-refractivity contribution in [2.75, 3.05) is 33.2 Å². The first-order valence-electron chi connectivity index (χ1n) is 10.6. The Bertz CT molecular complexity index is 876. The molecule has 4 rings (SSSR count). The summed E-state index contributed by atoms with van der Waals surface area (Å²) in [6, 6.07) is 9.96. The van der Waals surface area contributed by atoms with E-state index < -0.39 is 0 Å². The van der Waals surface area contributed by atoms with E-state index in [1.165, 1.54) is 0 Å². The molecule has 1 aromatic heterocycles. The van der Waals surface area contributed by atoms with Crippen LogP contribution in [0.4, 0.5) is 0 Å². The predicted molar refractivity (Wildman–Crippen MR) is 113 cm³/mol. The van der Waals surface area contributed by atoms with Crippen LogP contribution in [0, 0.1) is 19.3 Å². The van der Waals surface area contributed by atoms with Gasteiger partial charge in [0.15, 0.2) is 0 Å². The Balaban J connectivity index is 1.45. The summed E-state index contributed by atoms with van der Waals surface area (Å²) >= 11 is 0. The van der Waals surface area contributed by atoms with Gasteiger partial charge in [0, 0.05) is 42.9 Å². The lowest BCUT2D eigenvalue weighted by Gasteiger charge is -2.50. The summed E-state index contributed by atoms with van der Waals surface area (Å²) in [4.78, 5) is 17.4. The molecule has 0 unspecified atom stereocenters. The topological polar surface area (TPSA) is 61.6 Å². The van der Waals surface area contributed by atoms with Crippen molar-refractivity contribution in [3.05, 3.63) is 52.8 Å². The van der Waals surface area contributed by atoms with E-state index in [-0.39, 0.29) is 17.4 Å². The summed E-state index contributed by atoms with van der Waals surface area (Å²) in [5.41, 5.74) is 3.82. The number of nitrogens with zero attached hydrogens (tertiary/aromatic N) is 4. The maximum Gasteiger partial charge on any atom is 0.253 e. The number of benzene rings is 1. The molecule has 1 amide bonds. The third-order valence-electron chi connectivity index (χ3n) is 6.61. The summed E-state index contributed by atoms with van der Waals surface area (Å²) in [6.45, 7) is 7.96. The quantitative estimate of drug-likeness (QED) is 0.866. The van der Waals surface area contributed by atoms with Crippen LogP contribution in [0.15, 0.2) is 30.3 Å². The van der Waals surface area contributed by atoms with E-state index in [4.69, 9.17) is 0 Å². The zero-order valence-electron chi connectivity index (χ0n) is 17.8. The Morgan fingerprint density at radius 3 is 2.66 bits per heavy atom. The largest absolute Gasteiger partial charge is 0.392 e. The third-order valence-corrected chi connectivity index (χ3v) is 6.61. The van der Waals surface area contributed by atoms with Gasteiger partial charge in [-0.1, -0.05) is 12.1 Å². The fraction of sp³-hybridized carbons (Fsp3) is 0.565. The number of aliphatic hydroxyl groups excluding tert-OH is 1. The van der Waals surface area contributed by atoms with Crippen LogP contribution in [0.2, 0.25) is 0 Å². The number of hydrogen-bond acceptors (Lipinski definition) is 4. The molecule has 6 nitrogen and oxygen atoms in total. The Kier molecular flexibility index (Phi) is 5.49. The fourth-order valence-corrected chi connectivity index (χ4v) is 5.05. The van der Waals surface area contributed by atoms with Gasteiger partial charge in [-0.3, -0.25) is 9.48 Å². The molecule has 2 aliphatic rings. The number of amides is 1. The molecule has 2 atom stereocenters. The van der Waals surface area contributed by atoms with Crippen molar-refractivity contribution in [2.45, 2.75) is 45.8 Å². The number of piperidine rings is 2. The van der Waals surface area contributed by atoms with Crippen LogP contribution in [-0.2, 0) is 6.54 Å². The van der Waals surface area contributed by atoms with Gasteiger partial charge in [0.05, 0.1) is 18.3 Å². The first-order valence-corrected chi connectivity index (χ1v) is 10.6. The molecule has 2 aliphatic heterocycles. The highest BCUT2D eigenvalue weighted by Gasteiger charge is 2.45. The second-order valence-electron chi connectivity index (χ2n) is 9.02. The van der Waals surface area contributed by atoms with E-state index in [0.29, 0.717) is 13.1 Å². The van der Waals surface area contributed by atoms with Gasteiger partial charge in [-0.15, -0.1) is 0 Å². The van der Waals surface area contributed by atoms with Gasteiger partial charge >= 0.3 is 0 Å². The number of aromatic nitrogens is 2. The van der Waals surface area contributed by atoms with Crippen molar-refractivity contribution in [1.82, 2.24) is 19.6 Å². The van der Waals surface area contributed by atoms with Crippen molar-refractivity contribution in [2.24, 2.45) is 5.41 Å². The van der Waals surface area contributed by atoms with E-state index in [2.05, 4.69) is 30.0 Å². The summed E-state index contributed by atoms with van der Waals surface area (Å²) in [7, 11) is 2.11. The summed E-state index contributed by atoms with van der Waals surface area (Å²) in [5.74, 6) is 0.0714. The molecule has 3 heterocycles. The fourth-order valence-electron chi connectivity index (χ4n) is 5.05. The molecule has 2 aromatic rings. The van der Waals surface area contributed by atoms with Crippen LogP contribution >= 0.6 is 0 Å². The molecule has 0 saturated carbocycles. The summed E-state index contributed by atoms with van der Waals surface area (Å²) in [5, 5.41) is 15.2. The number of carbonyl (C=O) groups excluding carboxylic acids is 1. The Hall–Kier alpha value is -2.18. The van der Waals surface area contributed by atoms with Crippen LogP contribution in [0.3, 0.4) is 0 Å². The molecule has 0 bridgehead atoms. The van der Waals surface area contributed by atoms with Crippen LogP contribution in [-0.4, -0.2) is 69.9 Å². The van der Waals surface area contributed by atoms with Gasteiger partial charge in [-0.05, 0) is 63.9 Å². The first kappa shape index (κ1) is 20.1. The van der Waals surface area contributed by atoms with Crippen LogP contribution in [0.25, 0.3) is 0 Å². The molecule has 29 heavy (non-hydrogen) atoms. The lowest BCUT2D eigenvalue weighted by molar-refractivity contribution is -0.0731. The minimum Gasteiger partial charge on any atom is -0.392 e. The zero-order chi connectivity index (χ0) is 20.6. The van der Waals surface area contributed by atoms with Crippen molar-refractivity contribution in [3.8, 4) is 0 Å². The molecule has 2 fully saturated rings. The normalized spacial score (nSPS) is 25.5. The molecular formula is C23H32N4O2. The predicted octanol–water partition coefficient (Wildman–Crippen LogP) is 2.47. The molecule has 156 valence electrons. The van der Waals surface area contributed by atoms with Crippen LogP contribution < -0.4 is 0 Å². The summed E-state index contributed by atoms with van der Waals surface area (Å²) < 4.78 is 1.99. The maximum absolute atomic E-state index is 13.2. The molecule has 1 aromatic carbocycles. The molecule has 2 saturated heterocycles. The van der Waals surface area contributed by atoms with E-state index in [9.17, 15) is 9.90 Å². The molecule has 1 spiro atoms. The Morgan fingerprint density at radius 2 is 1.97 bits per heavy atom. The second kappa shape index (κ2) is 7.92. The summed E-state index contributed by atoms with van der Waals surface area (Å²) in [6.07, 6.45) is 2.41. The number of aryl methyl sites for hydroxylation is 2. The monoisotopic (exact) mass is 396 g/mol. The van der Waals surface area contributed by atoms with Gasteiger partial charge in [0.25, 0.3) is 5.91 Å². The number of rotatable bonds is 3. The van der Waals surface area contributed by atoms with Gasteiger partial charge in [0.1, 0.15) is 0 Å². The lowest BCUT2D eigenvalue weighted by atomic mass is 9.71. The third kappa shape index (κ3) is 4.09. The molecule has 0 aliphatic carbocycles. The number of hydrogen-bond donors (Lipinski definition) is 1. The highest BCUT2D eigenvalue weighted by molar-refractivity contribution is 5.94. The van der Waals surface area contributed by atoms with E-state index in [1.807, 2.05) is 40.8 Å². The standard InChI is InChI=1S/C23H32N4O2/c1-17-13-18(2)27(24-17)14-19-5-7-20(8-6-19)22(29)26-11-4-10-23(16-26)15-25(3)12-9-21(23)28/h5-8,13,21,28H,4,9-12,14-16H2,1-3H3/t21-,23-/m0/s1. The maximum atomic E-state index is 13.2. The molecule has 6 heteroatoms. The second-order valence-corrected chi connectivity index (χ2v) is 9.02. The number of carbonyl (C=O) groups is 1. The van der Waals surface area contributed by atoms with E-state index >= 15 is 0 Å². The average molecular weight is 397 g/mol. The SMILES string of the molecule is Cc1cc(C)n(Cc2ccc(C(=O)N3CCC[C@]4(CN(C)CC[C@@H]4O)C3)cc2)n1. The van der Waals surface area contributed by atoms with Crippen LogP contribution in [0.5, 0.6) is 0 Å². The Morgan fingerprint density at radius 1 is 1.21 bits per heavy atom. The molecule has 0 radical (unpaired) electrons. The minimum absolute atomic E-state index is 0.0714. The highest BCUT2D eigenvalue weighted by atomic mass is 16.3. The van der Waals surface area contributed by atoms with Crippen LogP contribution in [0.1, 0.15) is 46.6 Å². The number of aliphatic hydroxyl groups is 1. The first-order chi connectivity index (χ1) is 13.9. The zero-order valence-corrected chi connectivity index (χ0v) is 17.8. The van der Waals surface area contributed by atoms with Gasteiger partial charge < -0.3 is 14.9 Å². The van der Waals surface area contributed by atoms with E-state index in [1.54, 1.807) is 0 Å². The van der Waals surface area contributed by atoms with Gasteiger partial charge in [-0.25, -0.2) is 0 Å². The molecular weight excluding hydrogens is 364 g/mol. The van der Waals surface area contributed by atoms with Crippen molar-refractivity contribution >= 4 is 5.91 Å². The van der Waals surface area contributed by atoms with Crippen molar-refractivity contribution in [3.63, 3.8) is 0 Å². The van der Waals surface area contributed by atoms with Gasteiger partial charge in [0.2, 0.25) is 0 Å². The lowest BCUT2D eigenvalue weighted by Crippen LogP contribution is -2.59. The van der Waals surface area contributed by atoms with E-state index in [0.717, 1.165) is 61.4 Å². The Labute approximate surface area is 173 Å². The van der Waals surface area contributed by atoms with Crippen molar-refractivity contribution in [1.29, 1.82) is 0 Å². The average Bonchev–Trinajstić information content (AvgIpc) is 3.02. The highest BCUT2D eigenvalue weighted by Crippen LogP contribution is 2.38. The number of likely N-dealkylation sites (tertiary alicyclic amines) is 2. The smallest absolute Gasteiger partial charge is 0.253 e. The van der Waals surface area contributed by atoms with Crippen molar-refractivity contribution < 1.29 is 9.90 Å².